The summed E-state index contributed by atoms with van der Waals surface area (Å²) >= 11 is 0. The van der Waals surface area contributed by atoms with Gasteiger partial charge in [-0.05, 0) is 110 Å². The van der Waals surface area contributed by atoms with Crippen LogP contribution in [0, 0.1) is 17.5 Å². The van der Waals surface area contributed by atoms with Crippen LogP contribution in [0.1, 0.15) is 151 Å². The minimum atomic E-state index is -0.889. The van der Waals surface area contributed by atoms with Crippen LogP contribution < -0.4 is 16.4 Å². The summed E-state index contributed by atoms with van der Waals surface area (Å²) in [7, 11) is 3.64. The molecule has 2 aliphatic heterocycles. The maximum Gasteiger partial charge on any atom is 0.336 e. The topological polar surface area (TPSA) is 214 Å². The Labute approximate surface area is 457 Å². The first-order valence-electron chi connectivity index (χ1n) is 26.2. The maximum absolute atomic E-state index is 14.6. The number of ether oxygens (including phenoxy) is 3. The van der Waals surface area contributed by atoms with Gasteiger partial charge in [0.2, 0.25) is 0 Å². The summed E-state index contributed by atoms with van der Waals surface area (Å²) in [5.74, 6) is -4.07. The van der Waals surface area contributed by atoms with E-state index in [1.165, 1.54) is 39.5 Å². The molecule has 11 rings (SSSR count). The molecule has 0 spiro atoms. The molecule has 2 atom stereocenters. The van der Waals surface area contributed by atoms with Crippen LogP contribution in [0.25, 0.3) is 0 Å². The van der Waals surface area contributed by atoms with Crippen molar-refractivity contribution < 1.29 is 78.9 Å². The molecule has 20 heteroatoms. The fourth-order valence-corrected chi connectivity index (χ4v) is 10.6. The third-order valence-corrected chi connectivity index (χ3v) is 14.6. The Morgan fingerprint density at radius 1 is 0.575 bits per heavy atom. The smallest absolute Gasteiger partial charge is 0.336 e. The van der Waals surface area contributed by atoms with Crippen molar-refractivity contribution in [2.24, 2.45) is 5.73 Å². The van der Waals surface area contributed by atoms with Gasteiger partial charge in [0.15, 0.2) is 11.6 Å². The molecule has 4 N–H and O–H groups in total. The molecule has 6 aliphatic carbocycles. The molecule has 3 aromatic carbocycles. The van der Waals surface area contributed by atoms with Crippen LogP contribution in [0.4, 0.5) is 26.3 Å². The molecular formula is C60H61F6N3O11. The zero-order valence-electron chi connectivity index (χ0n) is 44.4. The van der Waals surface area contributed by atoms with Crippen LogP contribution >= 0.6 is 0 Å². The predicted octanol–water partition coefficient (Wildman–Crippen LogP) is 9.60. The second-order valence-corrected chi connectivity index (χ2v) is 20.1. The zero-order chi connectivity index (χ0) is 57.9. The van der Waals surface area contributed by atoms with Crippen molar-refractivity contribution in [2.75, 3.05) is 41.4 Å². The molecule has 0 aromatic heterocycles. The van der Waals surface area contributed by atoms with E-state index in [-0.39, 0.29) is 87.1 Å². The van der Waals surface area contributed by atoms with Gasteiger partial charge in [0.1, 0.15) is 55.3 Å². The van der Waals surface area contributed by atoms with Gasteiger partial charge in [0.25, 0.3) is 0 Å². The molecule has 14 nitrogen and oxygen atoms in total. The Kier molecular flexibility index (Phi) is 20.0. The molecule has 8 aliphatic rings. The van der Waals surface area contributed by atoms with E-state index < -0.39 is 49.8 Å². The first kappa shape index (κ1) is 59.8. The number of halogens is 6. The number of methoxy groups -OCH3 is 3. The van der Waals surface area contributed by atoms with Crippen LogP contribution in [0.2, 0.25) is 0 Å². The van der Waals surface area contributed by atoms with Crippen molar-refractivity contribution in [1.82, 2.24) is 10.6 Å². The van der Waals surface area contributed by atoms with Gasteiger partial charge in [-0.3, -0.25) is 24.0 Å². The van der Waals surface area contributed by atoms with Crippen LogP contribution in [0.15, 0.2) is 111 Å². The van der Waals surface area contributed by atoms with E-state index in [1.54, 1.807) is 36.4 Å². The summed E-state index contributed by atoms with van der Waals surface area (Å²) in [6.45, 7) is -2.60. The molecule has 0 unspecified atom stereocenters. The van der Waals surface area contributed by atoms with Gasteiger partial charge < -0.3 is 30.6 Å². The van der Waals surface area contributed by atoms with Crippen molar-refractivity contribution in [2.45, 2.75) is 113 Å². The Hall–Kier alpha value is -7.90. The van der Waals surface area contributed by atoms with E-state index in [1.807, 2.05) is 0 Å². The molecule has 0 radical (unpaired) electrons. The highest BCUT2D eigenvalue weighted by Crippen LogP contribution is 2.52. The lowest BCUT2D eigenvalue weighted by Gasteiger charge is -2.30. The third kappa shape index (κ3) is 13.7. The van der Waals surface area contributed by atoms with Gasteiger partial charge in [-0.1, -0.05) is 36.4 Å². The van der Waals surface area contributed by atoms with E-state index in [0.29, 0.717) is 100 Å². The van der Waals surface area contributed by atoms with Gasteiger partial charge >= 0.3 is 17.9 Å². The standard InChI is InChI=1S/2C20H19F2NO3.C10H9FO.C5H8FNO2.C5H6O2/c2*1-26-20(25)19-14(9-21)23-13-7-8-15(24)18(13)17(19)11-3-2-4-12(22)16(11)10-5-6-10;11-9-3-1-2-8(6-12)10(9)7-4-5-7;1-9-5(8)2-4(7)3-6;6-4-1-2-5(7)3-4/h2*2-4,10,17,23H,5-9H2,1H3;1-3,6-7H,4-5H2;2H,3,7H2,1H3;1-3H2/b;;;4-2-;/t2*17-;;;/m10.../s1. The summed E-state index contributed by atoms with van der Waals surface area (Å²) in [6, 6.07) is 14.1. The highest BCUT2D eigenvalue weighted by Gasteiger charge is 2.46. The average molecular weight is 1110 g/mol. The first-order chi connectivity index (χ1) is 38.4. The number of Topliss-reactive ketones (excluding diaryl/α,β-unsaturated/α-hetero) is 4. The zero-order valence-corrected chi connectivity index (χ0v) is 44.4. The second-order valence-electron chi connectivity index (χ2n) is 20.1. The number of dihydropyridines is 2. The Balaban J connectivity index is 0.000000158. The van der Waals surface area contributed by atoms with Crippen LogP contribution in [-0.4, -0.2) is 88.7 Å². The summed E-state index contributed by atoms with van der Waals surface area (Å²) in [6.07, 6.45) is 9.84. The number of nitrogens with one attached hydrogen (secondary N) is 2. The molecule has 0 bridgehead atoms. The number of aldehydes is 1. The van der Waals surface area contributed by atoms with E-state index in [9.17, 15) is 64.7 Å². The van der Waals surface area contributed by atoms with Gasteiger partial charge in [-0.2, -0.15) is 0 Å². The van der Waals surface area contributed by atoms with E-state index in [2.05, 4.69) is 15.4 Å². The molecule has 2 heterocycles. The number of rotatable bonds is 12. The van der Waals surface area contributed by atoms with E-state index >= 15 is 0 Å². The predicted molar refractivity (Wildman–Crippen MR) is 279 cm³/mol. The van der Waals surface area contributed by atoms with E-state index in [4.69, 9.17) is 15.2 Å². The fourth-order valence-electron chi connectivity index (χ4n) is 10.6. The van der Waals surface area contributed by atoms with Crippen LogP contribution in [0.3, 0.4) is 0 Å². The van der Waals surface area contributed by atoms with Crippen molar-refractivity contribution in [3.63, 3.8) is 0 Å². The minimum absolute atomic E-state index is 0.0662. The monoisotopic (exact) mass is 1110 g/mol. The number of hydrogen-bond donors (Lipinski definition) is 3. The highest BCUT2D eigenvalue weighted by atomic mass is 19.1. The number of alkyl halides is 3. The van der Waals surface area contributed by atoms with Crippen molar-refractivity contribution >= 4 is 47.3 Å². The lowest BCUT2D eigenvalue weighted by molar-refractivity contribution is -0.137. The number of allylic oxidation sites excluding steroid dienone is 7. The Morgan fingerprint density at radius 2 is 0.975 bits per heavy atom. The van der Waals surface area contributed by atoms with Crippen LogP contribution in [-0.2, 0) is 47.8 Å². The number of carbonyl (C=O) groups is 8. The molecule has 0 amide bonds. The molecular weight excluding hydrogens is 1050 g/mol. The molecule has 80 heavy (non-hydrogen) atoms. The highest BCUT2D eigenvalue weighted by molar-refractivity contribution is 6.07. The Morgan fingerprint density at radius 3 is 1.31 bits per heavy atom. The number of carbonyl (C=O) groups excluding carboxylic acids is 8. The number of ketones is 4. The third-order valence-electron chi connectivity index (χ3n) is 14.6. The number of esters is 3. The van der Waals surface area contributed by atoms with Gasteiger partial charge in [-0.15, -0.1) is 0 Å². The molecule has 4 saturated carbocycles. The summed E-state index contributed by atoms with van der Waals surface area (Å²) in [5, 5.41) is 5.82. The van der Waals surface area contributed by atoms with Crippen LogP contribution in [0.5, 0.6) is 0 Å². The van der Waals surface area contributed by atoms with Crippen molar-refractivity contribution in [1.29, 1.82) is 0 Å². The van der Waals surface area contributed by atoms with Crippen molar-refractivity contribution in [3.8, 4) is 0 Å². The minimum Gasteiger partial charge on any atom is -0.466 e. The summed E-state index contributed by atoms with van der Waals surface area (Å²) in [4.78, 5) is 91.3. The van der Waals surface area contributed by atoms with Crippen molar-refractivity contribution in [3.05, 3.63) is 162 Å². The number of benzene rings is 3. The quantitative estimate of drug-likeness (QED) is 0.0385. The van der Waals surface area contributed by atoms with Gasteiger partial charge in [0, 0.05) is 83.0 Å². The SMILES string of the molecule is COC(=O)/C=C(\N)CF.COC(=O)C1=C(CF)NC2=C(C(=O)CC2)[C@@H]1c1cccc(F)c1C1CC1.COC(=O)C1=C(CF)NC2=C(C(=O)CC2)[C@H]1c1cccc(F)c1C1CC1.O=C1CCC(=O)C1.O=Cc1cccc(F)c1C1CC1. The number of hydrogen-bond acceptors (Lipinski definition) is 14. The summed E-state index contributed by atoms with van der Waals surface area (Å²) < 4.78 is 95.2. The van der Waals surface area contributed by atoms with Gasteiger partial charge in [0.05, 0.1) is 50.3 Å². The summed E-state index contributed by atoms with van der Waals surface area (Å²) in [5.41, 5.74) is 10.6. The molecule has 4 fully saturated rings. The lowest BCUT2D eigenvalue weighted by Crippen LogP contribution is -2.31. The first-order valence-corrected chi connectivity index (χ1v) is 26.2. The molecule has 0 saturated heterocycles. The Bertz CT molecular complexity index is 2990. The lowest BCUT2D eigenvalue weighted by atomic mass is 9.77. The van der Waals surface area contributed by atoms with E-state index in [0.717, 1.165) is 50.9 Å². The maximum atomic E-state index is 14.6. The fraction of sp³-hybridized carbons (Fsp3) is 0.400. The number of nitrogens with two attached hydrogens (primary N) is 1. The largest absolute Gasteiger partial charge is 0.466 e. The molecule has 424 valence electrons. The normalized spacial score (nSPS) is 20.1. The molecule has 3 aromatic rings. The van der Waals surface area contributed by atoms with Gasteiger partial charge in [-0.25, -0.2) is 40.7 Å². The average Bonchev–Trinajstić information content (AvgIpc) is 4.53. The second kappa shape index (κ2) is 26.8.